The second kappa shape index (κ2) is 12.2. The van der Waals surface area contributed by atoms with Gasteiger partial charge in [-0.25, -0.2) is 9.78 Å². The Balaban J connectivity index is 1.48. The average molecular weight is 540 g/mol. The van der Waals surface area contributed by atoms with E-state index in [4.69, 9.17) is 32.0 Å². The van der Waals surface area contributed by atoms with Gasteiger partial charge in [0, 0.05) is 36.6 Å². The van der Waals surface area contributed by atoms with Crippen LogP contribution in [0, 0.1) is 10.8 Å². The Kier molecular flexibility index (Phi) is 8.58. The van der Waals surface area contributed by atoms with Crippen LogP contribution >= 0.6 is 0 Å². The highest BCUT2D eigenvalue weighted by Crippen LogP contribution is 2.19. The molecular weight excluding hydrogens is 506 g/mol. The molecule has 4 aromatic rings. The number of aromatic nitrogens is 2. The topological polar surface area (TPSA) is 173 Å². The molecule has 1 amide bonds. The molecule has 0 saturated carbocycles. The number of carbonyl (C=O) groups excluding carboxylic acids is 2. The van der Waals surface area contributed by atoms with E-state index in [1.807, 2.05) is 41.9 Å². The van der Waals surface area contributed by atoms with Gasteiger partial charge in [-0.3, -0.25) is 15.6 Å². The summed E-state index contributed by atoms with van der Waals surface area (Å²) in [5, 5.41) is 17.9. The largest absolute Gasteiger partial charge is 0.464 e. The van der Waals surface area contributed by atoms with E-state index in [-0.39, 0.29) is 24.7 Å². The fraction of sp³-hybridized carbons (Fsp3) is 0.233. The van der Waals surface area contributed by atoms with Gasteiger partial charge in [-0.15, -0.1) is 0 Å². The van der Waals surface area contributed by atoms with Crippen LogP contribution in [0.4, 0.5) is 0 Å². The lowest BCUT2D eigenvalue weighted by Crippen LogP contribution is -2.43. The second-order valence-corrected chi connectivity index (χ2v) is 9.49. The summed E-state index contributed by atoms with van der Waals surface area (Å²) in [6.07, 6.45) is 1.68. The number of rotatable bonds is 11. The van der Waals surface area contributed by atoms with Gasteiger partial charge in [0.15, 0.2) is 0 Å². The molecule has 10 nitrogen and oxygen atoms in total. The van der Waals surface area contributed by atoms with E-state index in [0.29, 0.717) is 28.6 Å². The van der Waals surface area contributed by atoms with Gasteiger partial charge in [0.1, 0.15) is 23.5 Å². The Labute approximate surface area is 232 Å². The first-order valence-corrected chi connectivity index (χ1v) is 13.0. The zero-order chi connectivity index (χ0) is 28.8. The standard InChI is InChI=1S/C30H33N7O3/c1-3-40-30(39)24(16-19-6-11-21(12-7-19)28(33)34)36-29(38)22-13-14-25-23(17-22)35-26(37(25)2)15-8-18-4-9-20(10-5-18)27(31)32/h4-7,9-14,17,24H,3,8,15-16H2,1-2H3,(H3,31,32)(H3,33,34)(H,36,38). The van der Waals surface area contributed by atoms with Crippen LogP contribution in [0.3, 0.4) is 0 Å². The molecule has 0 aliphatic rings. The normalized spacial score (nSPS) is 11.7. The Morgan fingerprint density at radius 3 is 2.05 bits per heavy atom. The van der Waals surface area contributed by atoms with Crippen LogP contribution in [-0.2, 0) is 35.8 Å². The van der Waals surface area contributed by atoms with Crippen molar-refractivity contribution in [2.75, 3.05) is 6.61 Å². The molecule has 0 fully saturated rings. The Morgan fingerprint density at radius 2 is 1.48 bits per heavy atom. The number of nitrogens with zero attached hydrogens (tertiary/aromatic N) is 2. The SMILES string of the molecule is CCOC(=O)C(Cc1ccc(C(=N)N)cc1)NC(=O)c1ccc2c(c1)nc(CCc1ccc(C(=N)N)cc1)n2C. The van der Waals surface area contributed by atoms with Crippen LogP contribution in [0.1, 0.15) is 45.4 Å². The van der Waals surface area contributed by atoms with Crippen LogP contribution in [0.15, 0.2) is 66.7 Å². The van der Waals surface area contributed by atoms with Gasteiger partial charge < -0.3 is 26.1 Å². The van der Waals surface area contributed by atoms with Crippen molar-refractivity contribution in [1.82, 2.24) is 14.9 Å². The number of hydrogen-bond acceptors (Lipinski definition) is 6. The molecule has 0 saturated heterocycles. The molecule has 3 aromatic carbocycles. The molecule has 0 bridgehead atoms. The monoisotopic (exact) mass is 539 g/mol. The molecule has 0 radical (unpaired) electrons. The first kappa shape index (κ1) is 28.0. The lowest BCUT2D eigenvalue weighted by molar-refractivity contribution is -0.145. The van der Waals surface area contributed by atoms with Gasteiger partial charge in [-0.2, -0.15) is 0 Å². The summed E-state index contributed by atoms with van der Waals surface area (Å²) in [6, 6.07) is 18.9. The summed E-state index contributed by atoms with van der Waals surface area (Å²) in [5.74, 6) is -0.0551. The number of carbonyl (C=O) groups is 2. The molecule has 40 heavy (non-hydrogen) atoms. The quantitative estimate of drug-likeness (QED) is 0.111. The third-order valence-electron chi connectivity index (χ3n) is 6.72. The highest BCUT2D eigenvalue weighted by molar-refractivity contribution is 5.99. The maximum atomic E-state index is 13.2. The zero-order valence-corrected chi connectivity index (χ0v) is 22.5. The smallest absolute Gasteiger partial charge is 0.328 e. The maximum Gasteiger partial charge on any atom is 0.328 e. The summed E-state index contributed by atoms with van der Waals surface area (Å²) in [4.78, 5) is 30.6. The van der Waals surface area contributed by atoms with Crippen molar-refractivity contribution < 1.29 is 14.3 Å². The number of amides is 1. The number of nitrogen functional groups attached to an aromatic ring is 2. The van der Waals surface area contributed by atoms with E-state index in [2.05, 4.69) is 5.32 Å². The van der Waals surface area contributed by atoms with E-state index in [9.17, 15) is 9.59 Å². The molecule has 7 N–H and O–H groups in total. The molecule has 0 aliphatic carbocycles. The van der Waals surface area contributed by atoms with Gasteiger partial charge in [-0.05, 0) is 42.7 Å². The van der Waals surface area contributed by atoms with Crippen molar-refractivity contribution in [2.24, 2.45) is 18.5 Å². The molecule has 1 unspecified atom stereocenters. The number of aryl methyl sites for hydroxylation is 3. The van der Waals surface area contributed by atoms with Crippen LogP contribution in [-0.4, -0.2) is 45.7 Å². The molecule has 1 atom stereocenters. The lowest BCUT2D eigenvalue weighted by atomic mass is 10.0. The summed E-state index contributed by atoms with van der Waals surface area (Å²) in [6.45, 7) is 1.91. The first-order chi connectivity index (χ1) is 19.2. The number of imidazole rings is 1. The number of hydrogen-bond donors (Lipinski definition) is 5. The molecule has 1 aromatic heterocycles. The molecule has 0 spiro atoms. The number of fused-ring (bicyclic) bond motifs is 1. The van der Waals surface area contributed by atoms with E-state index in [0.717, 1.165) is 28.9 Å². The van der Waals surface area contributed by atoms with Crippen molar-refractivity contribution in [3.8, 4) is 0 Å². The van der Waals surface area contributed by atoms with Crippen LogP contribution < -0.4 is 16.8 Å². The minimum Gasteiger partial charge on any atom is -0.464 e. The van der Waals surface area contributed by atoms with Crippen LogP contribution in [0.5, 0.6) is 0 Å². The van der Waals surface area contributed by atoms with Crippen molar-refractivity contribution in [3.63, 3.8) is 0 Å². The molecule has 10 heteroatoms. The Morgan fingerprint density at radius 1 is 0.900 bits per heavy atom. The summed E-state index contributed by atoms with van der Waals surface area (Å²) >= 11 is 0. The van der Waals surface area contributed by atoms with Gasteiger partial charge in [0.25, 0.3) is 5.91 Å². The fourth-order valence-corrected chi connectivity index (χ4v) is 4.46. The highest BCUT2D eigenvalue weighted by Gasteiger charge is 2.24. The van der Waals surface area contributed by atoms with Crippen molar-refractivity contribution in [2.45, 2.75) is 32.2 Å². The van der Waals surface area contributed by atoms with Crippen molar-refractivity contribution in [1.29, 1.82) is 10.8 Å². The predicted octanol–water partition coefficient (Wildman–Crippen LogP) is 2.83. The average Bonchev–Trinajstić information content (AvgIpc) is 3.26. The van der Waals surface area contributed by atoms with Crippen molar-refractivity contribution in [3.05, 3.63) is 100 Å². The zero-order valence-electron chi connectivity index (χ0n) is 22.5. The molecule has 1 heterocycles. The van der Waals surface area contributed by atoms with E-state index in [1.165, 1.54) is 0 Å². The minimum absolute atomic E-state index is 0.0404. The number of amidine groups is 2. The number of ether oxygens (including phenoxy) is 1. The van der Waals surface area contributed by atoms with Gasteiger partial charge >= 0.3 is 5.97 Å². The predicted molar refractivity (Wildman–Crippen MR) is 155 cm³/mol. The first-order valence-electron chi connectivity index (χ1n) is 13.0. The second-order valence-electron chi connectivity index (χ2n) is 9.49. The van der Waals surface area contributed by atoms with Gasteiger partial charge in [0.05, 0.1) is 17.6 Å². The number of esters is 1. The molecule has 206 valence electrons. The minimum atomic E-state index is -0.889. The summed E-state index contributed by atoms with van der Waals surface area (Å²) in [7, 11) is 1.94. The Bertz CT molecular complexity index is 1560. The molecular formula is C30H33N7O3. The van der Waals surface area contributed by atoms with Gasteiger partial charge in [-0.1, -0.05) is 48.5 Å². The summed E-state index contributed by atoms with van der Waals surface area (Å²) < 4.78 is 7.21. The number of nitrogens with two attached hydrogens (primary N) is 2. The van der Waals surface area contributed by atoms with Gasteiger partial charge in [0.2, 0.25) is 0 Å². The van der Waals surface area contributed by atoms with Crippen molar-refractivity contribution >= 4 is 34.6 Å². The van der Waals surface area contributed by atoms with E-state index < -0.39 is 17.9 Å². The van der Waals surface area contributed by atoms with Crippen LogP contribution in [0.2, 0.25) is 0 Å². The third kappa shape index (κ3) is 6.52. The molecule has 0 aliphatic heterocycles. The highest BCUT2D eigenvalue weighted by atomic mass is 16.5. The lowest BCUT2D eigenvalue weighted by Gasteiger charge is -2.18. The summed E-state index contributed by atoms with van der Waals surface area (Å²) in [5.41, 5.74) is 16.2. The van der Waals surface area contributed by atoms with E-state index in [1.54, 1.807) is 43.3 Å². The Hall–Kier alpha value is -4.99. The third-order valence-corrected chi connectivity index (χ3v) is 6.72. The molecule has 4 rings (SSSR count). The maximum absolute atomic E-state index is 13.2. The fourth-order valence-electron chi connectivity index (χ4n) is 4.46. The number of benzene rings is 3. The van der Waals surface area contributed by atoms with Crippen LogP contribution in [0.25, 0.3) is 11.0 Å². The van der Waals surface area contributed by atoms with E-state index >= 15 is 0 Å². The number of nitrogens with one attached hydrogen (secondary N) is 3.